The zero-order valence-corrected chi connectivity index (χ0v) is 8.38. The molecule has 0 aliphatic heterocycles. The van der Waals surface area contributed by atoms with Crippen molar-refractivity contribution < 1.29 is 14.3 Å². The molecule has 0 fully saturated rings. The predicted molar refractivity (Wildman–Crippen MR) is 52.0 cm³/mol. The SMILES string of the molecule is N#Cc1ccc(CCl)c(CC(=O)O)c1F. The van der Waals surface area contributed by atoms with Crippen LogP contribution >= 0.6 is 11.6 Å². The Bertz CT molecular complexity index is 440. The van der Waals surface area contributed by atoms with Crippen molar-refractivity contribution in [1.82, 2.24) is 0 Å². The Balaban J connectivity index is 3.30. The fraction of sp³-hybridized carbons (Fsp3) is 0.200. The average Bonchev–Trinajstić information content (AvgIpc) is 2.20. The van der Waals surface area contributed by atoms with E-state index in [9.17, 15) is 9.18 Å². The van der Waals surface area contributed by atoms with E-state index in [1.165, 1.54) is 12.1 Å². The number of hydrogen-bond donors (Lipinski definition) is 1. The number of hydrogen-bond acceptors (Lipinski definition) is 2. The topological polar surface area (TPSA) is 61.1 Å². The smallest absolute Gasteiger partial charge is 0.307 e. The molecule has 1 N–H and O–H groups in total. The zero-order valence-electron chi connectivity index (χ0n) is 7.63. The molecule has 0 unspecified atom stereocenters. The molecule has 0 saturated heterocycles. The summed E-state index contributed by atoms with van der Waals surface area (Å²) in [7, 11) is 0. The van der Waals surface area contributed by atoms with Crippen molar-refractivity contribution >= 4 is 17.6 Å². The molecule has 5 heteroatoms. The van der Waals surface area contributed by atoms with Crippen LogP contribution in [0.15, 0.2) is 12.1 Å². The molecule has 3 nitrogen and oxygen atoms in total. The maximum atomic E-state index is 13.5. The Morgan fingerprint density at radius 3 is 2.73 bits per heavy atom. The predicted octanol–water partition coefficient (Wildman–Crippen LogP) is 2.06. The largest absolute Gasteiger partial charge is 0.481 e. The summed E-state index contributed by atoms with van der Waals surface area (Å²) in [5.41, 5.74) is 0.215. The van der Waals surface area contributed by atoms with E-state index in [4.69, 9.17) is 22.0 Å². The van der Waals surface area contributed by atoms with Gasteiger partial charge in [-0.25, -0.2) is 4.39 Å². The van der Waals surface area contributed by atoms with Crippen LogP contribution in [0.2, 0.25) is 0 Å². The molecule has 0 spiro atoms. The minimum atomic E-state index is -1.16. The summed E-state index contributed by atoms with van der Waals surface area (Å²) >= 11 is 5.54. The second-order valence-corrected chi connectivity index (χ2v) is 3.15. The molecular formula is C10H7ClFNO2. The number of aliphatic carboxylic acids is 1. The lowest BCUT2D eigenvalue weighted by atomic mass is 10.0. The second kappa shape index (κ2) is 4.76. The van der Waals surface area contributed by atoms with Crippen molar-refractivity contribution in [3.8, 4) is 6.07 Å². The number of carboxylic acid groups (broad SMARTS) is 1. The first-order valence-electron chi connectivity index (χ1n) is 4.08. The number of alkyl halides is 1. The Labute approximate surface area is 90.7 Å². The van der Waals surface area contributed by atoms with Crippen LogP contribution < -0.4 is 0 Å². The van der Waals surface area contributed by atoms with Gasteiger partial charge in [0.1, 0.15) is 11.9 Å². The average molecular weight is 228 g/mol. The van der Waals surface area contributed by atoms with Crippen LogP contribution in [0, 0.1) is 17.1 Å². The highest BCUT2D eigenvalue weighted by Crippen LogP contribution is 2.19. The summed E-state index contributed by atoms with van der Waals surface area (Å²) in [6.45, 7) is 0. The summed E-state index contributed by atoms with van der Waals surface area (Å²) in [6.07, 6.45) is -0.469. The van der Waals surface area contributed by atoms with Crippen molar-refractivity contribution in [2.24, 2.45) is 0 Å². The van der Waals surface area contributed by atoms with Gasteiger partial charge in [-0.05, 0) is 11.6 Å². The van der Waals surface area contributed by atoms with E-state index in [1.54, 1.807) is 6.07 Å². The van der Waals surface area contributed by atoms with E-state index in [2.05, 4.69) is 0 Å². The third-order valence-electron chi connectivity index (χ3n) is 1.93. The lowest BCUT2D eigenvalue weighted by molar-refractivity contribution is -0.136. The van der Waals surface area contributed by atoms with Gasteiger partial charge < -0.3 is 5.11 Å². The minimum absolute atomic E-state index is 0.0171. The molecule has 1 aromatic rings. The normalized spacial score (nSPS) is 9.67. The van der Waals surface area contributed by atoms with Gasteiger partial charge in [0, 0.05) is 11.4 Å². The standard InChI is InChI=1S/C10H7ClFNO2/c11-4-6-1-2-7(5-13)10(12)8(6)3-9(14)15/h1-2H,3-4H2,(H,14,15). The van der Waals surface area contributed by atoms with Crippen LogP contribution in [0.25, 0.3) is 0 Å². The third kappa shape index (κ3) is 2.45. The number of rotatable bonds is 3. The van der Waals surface area contributed by atoms with Crippen LogP contribution in [-0.2, 0) is 17.1 Å². The first-order valence-corrected chi connectivity index (χ1v) is 4.61. The zero-order chi connectivity index (χ0) is 11.4. The summed E-state index contributed by atoms with van der Waals surface area (Å²) in [5, 5.41) is 17.2. The highest BCUT2D eigenvalue weighted by atomic mass is 35.5. The molecule has 0 saturated carbocycles. The van der Waals surface area contributed by atoms with Crippen LogP contribution in [0.3, 0.4) is 0 Å². The van der Waals surface area contributed by atoms with Gasteiger partial charge in [-0.2, -0.15) is 5.26 Å². The third-order valence-corrected chi connectivity index (χ3v) is 2.22. The van der Waals surface area contributed by atoms with Crippen molar-refractivity contribution in [3.05, 3.63) is 34.6 Å². The Hall–Kier alpha value is -1.60. The molecule has 0 heterocycles. The number of carbonyl (C=O) groups is 1. The van der Waals surface area contributed by atoms with Crippen LogP contribution in [-0.4, -0.2) is 11.1 Å². The second-order valence-electron chi connectivity index (χ2n) is 2.88. The van der Waals surface area contributed by atoms with Gasteiger partial charge in [0.15, 0.2) is 0 Å². The monoisotopic (exact) mass is 227 g/mol. The van der Waals surface area contributed by atoms with E-state index in [1.807, 2.05) is 0 Å². The molecule has 1 aromatic carbocycles. The Morgan fingerprint density at radius 1 is 1.60 bits per heavy atom. The van der Waals surface area contributed by atoms with Gasteiger partial charge in [-0.3, -0.25) is 4.79 Å². The molecule has 78 valence electrons. The first kappa shape index (κ1) is 11.5. The molecule has 15 heavy (non-hydrogen) atoms. The van der Waals surface area contributed by atoms with Crippen molar-refractivity contribution in [1.29, 1.82) is 5.26 Å². The van der Waals surface area contributed by atoms with Gasteiger partial charge >= 0.3 is 5.97 Å². The fourth-order valence-electron chi connectivity index (χ4n) is 1.22. The van der Waals surface area contributed by atoms with Gasteiger partial charge in [-0.15, -0.1) is 11.6 Å². The highest BCUT2D eigenvalue weighted by Gasteiger charge is 2.15. The number of halogens is 2. The van der Waals surface area contributed by atoms with E-state index in [0.29, 0.717) is 5.56 Å². The number of carboxylic acids is 1. The first-order chi connectivity index (χ1) is 7.10. The lowest BCUT2D eigenvalue weighted by Crippen LogP contribution is -2.07. The molecule has 0 bridgehead atoms. The molecule has 0 aliphatic carbocycles. The Morgan fingerprint density at radius 2 is 2.27 bits per heavy atom. The minimum Gasteiger partial charge on any atom is -0.481 e. The molecule has 0 radical (unpaired) electrons. The van der Waals surface area contributed by atoms with Crippen molar-refractivity contribution in [2.75, 3.05) is 0 Å². The van der Waals surface area contributed by atoms with Gasteiger partial charge in [0.05, 0.1) is 12.0 Å². The van der Waals surface area contributed by atoms with Gasteiger partial charge in [0.2, 0.25) is 0 Å². The number of nitrogens with zero attached hydrogens (tertiary/aromatic N) is 1. The van der Waals surface area contributed by atoms with Gasteiger partial charge in [0.25, 0.3) is 0 Å². The maximum absolute atomic E-state index is 13.5. The summed E-state index contributed by atoms with van der Waals surface area (Å²) in [6, 6.07) is 4.40. The van der Waals surface area contributed by atoms with Crippen molar-refractivity contribution in [3.63, 3.8) is 0 Å². The van der Waals surface area contributed by atoms with Crippen LogP contribution in [0.1, 0.15) is 16.7 Å². The van der Waals surface area contributed by atoms with Crippen molar-refractivity contribution in [2.45, 2.75) is 12.3 Å². The fourth-order valence-corrected chi connectivity index (χ4v) is 1.47. The summed E-state index contributed by atoms with van der Waals surface area (Å²) < 4.78 is 13.5. The quantitative estimate of drug-likeness (QED) is 0.804. The van der Waals surface area contributed by atoms with Crippen LogP contribution in [0.4, 0.5) is 4.39 Å². The number of nitriles is 1. The van der Waals surface area contributed by atoms with E-state index < -0.39 is 18.2 Å². The Kier molecular flexibility index (Phi) is 3.64. The maximum Gasteiger partial charge on any atom is 0.307 e. The van der Waals surface area contributed by atoms with E-state index in [0.717, 1.165) is 0 Å². The van der Waals surface area contributed by atoms with E-state index in [-0.39, 0.29) is 17.0 Å². The van der Waals surface area contributed by atoms with Gasteiger partial charge in [-0.1, -0.05) is 6.07 Å². The lowest BCUT2D eigenvalue weighted by Gasteiger charge is -2.06. The molecular weight excluding hydrogens is 221 g/mol. The summed E-state index contributed by atoms with van der Waals surface area (Å²) in [5.74, 6) is -1.93. The molecule has 0 aliphatic rings. The highest BCUT2D eigenvalue weighted by molar-refractivity contribution is 6.17. The van der Waals surface area contributed by atoms with E-state index >= 15 is 0 Å². The number of benzene rings is 1. The molecule has 0 aromatic heterocycles. The molecule has 0 amide bonds. The molecule has 0 atom stereocenters. The van der Waals surface area contributed by atoms with Crippen LogP contribution in [0.5, 0.6) is 0 Å². The summed E-state index contributed by atoms with van der Waals surface area (Å²) in [4.78, 5) is 10.5. The molecule has 1 rings (SSSR count).